The number of nitrogens with zero attached hydrogens (tertiary/aromatic N) is 3. The average Bonchev–Trinajstić information content (AvgIpc) is 3.06. The maximum Gasteiger partial charge on any atom is 0.261 e. The Morgan fingerprint density at radius 3 is 2.81 bits per heavy atom. The van der Waals surface area contributed by atoms with Crippen LogP contribution in [0.5, 0.6) is 0 Å². The van der Waals surface area contributed by atoms with E-state index in [1.54, 1.807) is 15.8 Å². The summed E-state index contributed by atoms with van der Waals surface area (Å²) in [5.74, 6) is 0.0370. The minimum absolute atomic E-state index is 0.0370. The molecule has 0 spiro atoms. The first-order chi connectivity index (χ1) is 10.2. The molecule has 2 heterocycles. The monoisotopic (exact) mass is 317 g/mol. The highest BCUT2D eigenvalue weighted by Crippen LogP contribution is 2.37. The van der Waals surface area contributed by atoms with Gasteiger partial charge >= 0.3 is 0 Å². The number of thiol groups is 1. The van der Waals surface area contributed by atoms with E-state index in [-0.39, 0.29) is 10.6 Å². The van der Waals surface area contributed by atoms with E-state index >= 15 is 0 Å². The molecule has 1 unspecified atom stereocenters. The predicted molar refractivity (Wildman–Crippen MR) is 89.3 cm³/mol. The van der Waals surface area contributed by atoms with Crippen LogP contribution in [-0.4, -0.2) is 31.8 Å². The smallest absolute Gasteiger partial charge is 0.261 e. The fraction of sp³-hybridized carbons (Fsp3) is 0.200. The number of carbonyl (C=O) groups is 1. The quantitative estimate of drug-likeness (QED) is 0.698. The molecule has 2 aromatic rings. The van der Waals surface area contributed by atoms with Gasteiger partial charge in [-0.05, 0) is 25.1 Å². The Kier molecular flexibility index (Phi) is 4.07. The Morgan fingerprint density at radius 2 is 2.14 bits per heavy atom. The summed E-state index contributed by atoms with van der Waals surface area (Å²) in [7, 11) is 0. The second kappa shape index (κ2) is 5.99. The third-order valence-corrected chi connectivity index (χ3v) is 4.84. The van der Waals surface area contributed by atoms with Crippen LogP contribution in [0.4, 0.5) is 0 Å². The van der Waals surface area contributed by atoms with Crippen LogP contribution in [0, 0.1) is 0 Å². The molecule has 0 N–H and O–H groups in total. The minimum atomic E-state index is -0.0991. The molecule has 6 heteroatoms. The Morgan fingerprint density at radius 1 is 1.38 bits per heavy atom. The van der Waals surface area contributed by atoms with Gasteiger partial charge in [-0.3, -0.25) is 4.79 Å². The molecule has 4 nitrogen and oxygen atoms in total. The molecule has 1 saturated heterocycles. The van der Waals surface area contributed by atoms with E-state index in [0.717, 1.165) is 11.3 Å². The number of hydrogen-bond acceptors (Lipinski definition) is 4. The number of amides is 1. The van der Waals surface area contributed by atoms with E-state index in [9.17, 15) is 4.79 Å². The van der Waals surface area contributed by atoms with Crippen LogP contribution in [-0.2, 0) is 4.79 Å². The molecule has 1 aliphatic heterocycles. The molecule has 108 valence electrons. The van der Waals surface area contributed by atoms with Crippen molar-refractivity contribution in [2.75, 3.05) is 6.54 Å². The molecule has 1 aromatic carbocycles. The van der Waals surface area contributed by atoms with E-state index in [2.05, 4.69) is 17.7 Å². The molecular weight excluding hydrogens is 302 g/mol. The van der Waals surface area contributed by atoms with Gasteiger partial charge in [0.05, 0.1) is 16.8 Å². The van der Waals surface area contributed by atoms with Gasteiger partial charge in [-0.2, -0.15) is 5.10 Å². The molecule has 1 aliphatic rings. The normalized spacial score (nSPS) is 20.5. The summed E-state index contributed by atoms with van der Waals surface area (Å²) in [5.41, 5.74) is 1.91. The van der Waals surface area contributed by atoms with Crippen molar-refractivity contribution in [3.05, 3.63) is 53.2 Å². The van der Waals surface area contributed by atoms with Crippen molar-refractivity contribution in [2.45, 2.75) is 11.6 Å². The van der Waals surface area contributed by atoms with E-state index in [1.165, 1.54) is 11.8 Å². The molecule has 0 bridgehead atoms. The molecule has 3 rings (SSSR count). The van der Waals surface area contributed by atoms with Crippen molar-refractivity contribution in [3.8, 4) is 5.69 Å². The van der Waals surface area contributed by atoms with Crippen LogP contribution in [0.15, 0.2) is 47.6 Å². The molecule has 1 amide bonds. The van der Waals surface area contributed by atoms with Gasteiger partial charge in [0.1, 0.15) is 4.71 Å². The van der Waals surface area contributed by atoms with Crippen molar-refractivity contribution >= 4 is 36.4 Å². The first kappa shape index (κ1) is 14.3. The van der Waals surface area contributed by atoms with Gasteiger partial charge in [0.15, 0.2) is 0 Å². The van der Waals surface area contributed by atoms with Gasteiger partial charge < -0.3 is 4.90 Å². The lowest BCUT2D eigenvalue weighted by Gasteiger charge is -2.15. The third kappa shape index (κ3) is 2.87. The highest BCUT2D eigenvalue weighted by Gasteiger charge is 2.32. The topological polar surface area (TPSA) is 38.1 Å². The van der Waals surface area contributed by atoms with Crippen molar-refractivity contribution < 1.29 is 4.79 Å². The molecule has 1 aromatic heterocycles. The van der Waals surface area contributed by atoms with Gasteiger partial charge in [0, 0.05) is 18.3 Å². The summed E-state index contributed by atoms with van der Waals surface area (Å²) >= 11 is 5.89. The summed E-state index contributed by atoms with van der Waals surface area (Å²) in [6.07, 6.45) is 5.55. The maximum atomic E-state index is 12.2. The first-order valence-electron chi connectivity index (χ1n) is 6.66. The zero-order chi connectivity index (χ0) is 14.8. The first-order valence-corrected chi connectivity index (χ1v) is 8.06. The molecule has 1 fully saturated rings. The van der Waals surface area contributed by atoms with Crippen LogP contribution in [0.25, 0.3) is 11.8 Å². The number of para-hydroxylation sites is 1. The molecule has 21 heavy (non-hydrogen) atoms. The zero-order valence-corrected chi connectivity index (χ0v) is 13.2. The highest BCUT2D eigenvalue weighted by molar-refractivity contribution is 8.14. The largest absolute Gasteiger partial charge is 0.317 e. The minimum Gasteiger partial charge on any atom is -0.317 e. The van der Waals surface area contributed by atoms with Gasteiger partial charge in [-0.1, -0.05) is 30.0 Å². The molecule has 0 saturated carbocycles. The number of hydrogen-bond donors (Lipinski definition) is 1. The van der Waals surface area contributed by atoms with Crippen molar-refractivity contribution in [2.24, 2.45) is 0 Å². The summed E-state index contributed by atoms with van der Waals surface area (Å²) in [5, 5.41) is 4.33. The van der Waals surface area contributed by atoms with Gasteiger partial charge in [0.2, 0.25) is 0 Å². The van der Waals surface area contributed by atoms with Crippen LogP contribution >= 0.6 is 24.4 Å². The van der Waals surface area contributed by atoms with Gasteiger partial charge in [-0.25, -0.2) is 4.68 Å². The number of aromatic nitrogens is 2. The second-order valence-electron chi connectivity index (χ2n) is 4.60. The number of rotatable bonds is 3. The van der Waals surface area contributed by atoms with E-state index in [4.69, 9.17) is 0 Å². The predicted octanol–water partition coefficient (Wildman–Crippen LogP) is 3.02. The van der Waals surface area contributed by atoms with Crippen molar-refractivity contribution in [3.63, 3.8) is 0 Å². The lowest BCUT2D eigenvalue weighted by Crippen LogP contribution is -2.28. The van der Waals surface area contributed by atoms with E-state index < -0.39 is 0 Å². The number of benzene rings is 1. The van der Waals surface area contributed by atoms with E-state index in [0.29, 0.717) is 11.4 Å². The summed E-state index contributed by atoms with van der Waals surface area (Å²) in [6.45, 7) is 2.62. The Labute approximate surface area is 133 Å². The van der Waals surface area contributed by atoms with Gasteiger partial charge in [-0.15, -0.1) is 12.6 Å². The fourth-order valence-corrected chi connectivity index (χ4v) is 3.78. The van der Waals surface area contributed by atoms with Crippen molar-refractivity contribution in [1.29, 1.82) is 0 Å². The third-order valence-electron chi connectivity index (χ3n) is 3.23. The second-order valence-corrected chi connectivity index (χ2v) is 6.56. The van der Waals surface area contributed by atoms with Crippen LogP contribution in [0.2, 0.25) is 0 Å². The zero-order valence-electron chi connectivity index (χ0n) is 11.5. The van der Waals surface area contributed by atoms with Crippen LogP contribution < -0.4 is 0 Å². The lowest BCUT2D eigenvalue weighted by atomic mass is 10.3. The highest BCUT2D eigenvalue weighted by atomic mass is 32.2. The molecular formula is C15H15N3OS2. The molecule has 0 aliphatic carbocycles. The fourth-order valence-electron chi connectivity index (χ4n) is 2.15. The summed E-state index contributed by atoms with van der Waals surface area (Å²) < 4.78 is 1.70. The Balaban J connectivity index is 1.85. The Bertz CT molecular complexity index is 681. The van der Waals surface area contributed by atoms with E-state index in [1.807, 2.05) is 49.5 Å². The summed E-state index contributed by atoms with van der Waals surface area (Å²) in [6, 6.07) is 9.88. The SMILES string of the molecule is CCN1C(=O)/C(=C/c2cnn(-c3ccccc3)c2)SC1S. The number of carbonyl (C=O) groups excluding carboxylic acids is 1. The van der Waals surface area contributed by atoms with Crippen LogP contribution in [0.1, 0.15) is 12.5 Å². The number of likely N-dealkylation sites (N-methyl/N-ethyl adjacent to an activating group) is 1. The summed E-state index contributed by atoms with van der Waals surface area (Å²) in [4.78, 5) is 14.6. The van der Waals surface area contributed by atoms with Crippen molar-refractivity contribution in [1.82, 2.24) is 14.7 Å². The average molecular weight is 317 g/mol. The van der Waals surface area contributed by atoms with Crippen LogP contribution in [0.3, 0.4) is 0 Å². The standard InChI is InChI=1S/C15H15N3OS2/c1-2-17-14(19)13(21-15(17)20)8-11-9-16-18(10-11)12-6-4-3-5-7-12/h3-10,15,20H,2H2,1H3/b13-8-. The maximum absolute atomic E-state index is 12.2. The molecule has 1 atom stereocenters. The van der Waals surface area contributed by atoms with Gasteiger partial charge in [0.25, 0.3) is 5.91 Å². The molecule has 0 radical (unpaired) electrons. The lowest BCUT2D eigenvalue weighted by molar-refractivity contribution is -0.124. The Hall–Kier alpha value is -1.66. The number of thioether (sulfide) groups is 1.